The molecule has 2 atom stereocenters. The van der Waals surface area contributed by atoms with Crippen LogP contribution in [0.4, 0.5) is 0 Å². The Bertz CT molecular complexity index is 712. The maximum Gasteiger partial charge on any atom is 0.329 e. The number of nitrogens with one attached hydrogen (secondary N) is 1. The lowest BCUT2D eigenvalue weighted by Gasteiger charge is -2.26. The number of cyclic esters (lactones) is 1. The molecule has 5 heteroatoms. The average molecular weight is 325 g/mol. The van der Waals surface area contributed by atoms with Gasteiger partial charge >= 0.3 is 5.97 Å². The van der Waals surface area contributed by atoms with Crippen LogP contribution in [0.25, 0.3) is 0 Å². The summed E-state index contributed by atoms with van der Waals surface area (Å²) >= 11 is 0. The topological polar surface area (TPSA) is 64.6 Å². The van der Waals surface area contributed by atoms with Crippen molar-refractivity contribution in [2.45, 2.75) is 32.1 Å². The molecule has 3 rings (SSSR count). The number of hydrogen-bond donors (Lipinski definition) is 1. The normalized spacial score (nSPS) is 20.2. The molecular formula is C19H19NO4. The van der Waals surface area contributed by atoms with Gasteiger partial charge in [0.2, 0.25) is 0 Å². The molecule has 1 aliphatic rings. The van der Waals surface area contributed by atoms with Crippen molar-refractivity contribution in [3.05, 3.63) is 65.7 Å². The largest absolute Gasteiger partial charge is 0.489 e. The molecule has 124 valence electrons. The third-order valence-electron chi connectivity index (χ3n) is 3.87. The molecule has 1 saturated heterocycles. The zero-order valence-corrected chi connectivity index (χ0v) is 13.4. The highest BCUT2D eigenvalue weighted by atomic mass is 16.6. The van der Waals surface area contributed by atoms with Gasteiger partial charge in [-0.1, -0.05) is 42.5 Å². The van der Waals surface area contributed by atoms with Crippen LogP contribution in [0.1, 0.15) is 18.1 Å². The summed E-state index contributed by atoms with van der Waals surface area (Å²) in [6, 6.07) is 16.8. The Morgan fingerprint density at radius 2 is 1.71 bits per heavy atom. The molecule has 24 heavy (non-hydrogen) atoms. The van der Waals surface area contributed by atoms with E-state index in [2.05, 4.69) is 5.32 Å². The van der Waals surface area contributed by atoms with E-state index >= 15 is 0 Å². The number of morpholine rings is 1. The molecule has 1 unspecified atom stereocenters. The second-order valence-electron chi connectivity index (χ2n) is 5.76. The molecule has 1 amide bonds. The van der Waals surface area contributed by atoms with Gasteiger partial charge in [0.1, 0.15) is 18.4 Å². The predicted octanol–water partition coefficient (Wildman–Crippen LogP) is 2.24. The van der Waals surface area contributed by atoms with Gasteiger partial charge in [0.25, 0.3) is 5.91 Å². The number of carbonyl (C=O) groups is 2. The van der Waals surface area contributed by atoms with E-state index in [0.717, 1.165) is 16.9 Å². The molecule has 5 nitrogen and oxygen atoms in total. The highest BCUT2D eigenvalue weighted by molar-refractivity contribution is 5.92. The Morgan fingerprint density at radius 3 is 2.42 bits per heavy atom. The van der Waals surface area contributed by atoms with Crippen LogP contribution in [0.5, 0.6) is 5.75 Å². The molecular weight excluding hydrogens is 306 g/mol. The predicted molar refractivity (Wildman–Crippen MR) is 88.4 cm³/mol. The lowest BCUT2D eigenvalue weighted by molar-refractivity contribution is -0.164. The Labute approximate surface area is 140 Å². The summed E-state index contributed by atoms with van der Waals surface area (Å²) in [4.78, 5) is 23.4. The number of ether oxygens (including phenoxy) is 2. The van der Waals surface area contributed by atoms with E-state index in [1.807, 2.05) is 54.6 Å². The Kier molecular flexibility index (Phi) is 4.79. The van der Waals surface area contributed by atoms with Crippen LogP contribution < -0.4 is 10.1 Å². The van der Waals surface area contributed by atoms with Crippen molar-refractivity contribution >= 4 is 11.9 Å². The molecule has 2 aromatic rings. The minimum absolute atomic E-state index is 0.262. The van der Waals surface area contributed by atoms with Gasteiger partial charge in [-0.05, 0) is 30.2 Å². The zero-order valence-electron chi connectivity index (χ0n) is 13.4. The van der Waals surface area contributed by atoms with Gasteiger partial charge < -0.3 is 14.8 Å². The third-order valence-corrected chi connectivity index (χ3v) is 3.87. The summed E-state index contributed by atoms with van der Waals surface area (Å²) in [7, 11) is 0. The molecule has 2 aromatic carbocycles. The summed E-state index contributed by atoms with van der Waals surface area (Å²) in [6.07, 6.45) is -0.321. The van der Waals surface area contributed by atoms with Crippen LogP contribution in [0.3, 0.4) is 0 Å². The number of amides is 1. The van der Waals surface area contributed by atoms with Crippen LogP contribution in [-0.2, 0) is 27.4 Å². The van der Waals surface area contributed by atoms with Gasteiger partial charge in [-0.15, -0.1) is 0 Å². The van der Waals surface area contributed by atoms with Crippen LogP contribution >= 0.6 is 0 Å². The van der Waals surface area contributed by atoms with Gasteiger partial charge in [-0.2, -0.15) is 0 Å². The van der Waals surface area contributed by atoms with Crippen molar-refractivity contribution in [1.29, 1.82) is 0 Å². The molecule has 0 spiro atoms. The monoisotopic (exact) mass is 325 g/mol. The summed E-state index contributed by atoms with van der Waals surface area (Å²) in [6.45, 7) is 2.06. The fraction of sp³-hybridized carbons (Fsp3) is 0.263. The lowest BCUT2D eigenvalue weighted by atomic mass is 10.0. The van der Waals surface area contributed by atoms with Gasteiger partial charge in [0.15, 0.2) is 6.10 Å². The minimum Gasteiger partial charge on any atom is -0.489 e. The quantitative estimate of drug-likeness (QED) is 0.856. The maximum atomic E-state index is 11.8. The maximum absolute atomic E-state index is 11.8. The second-order valence-corrected chi connectivity index (χ2v) is 5.76. The van der Waals surface area contributed by atoms with Crippen molar-refractivity contribution < 1.29 is 19.1 Å². The van der Waals surface area contributed by atoms with Crippen LogP contribution in [0.15, 0.2) is 54.6 Å². The second kappa shape index (κ2) is 7.17. The molecule has 0 radical (unpaired) electrons. The highest BCUT2D eigenvalue weighted by Crippen LogP contribution is 2.16. The molecule has 1 fully saturated rings. The van der Waals surface area contributed by atoms with Gasteiger partial charge in [-0.25, -0.2) is 4.79 Å². The van der Waals surface area contributed by atoms with Crippen LogP contribution in [-0.4, -0.2) is 24.0 Å². The smallest absolute Gasteiger partial charge is 0.329 e. The van der Waals surface area contributed by atoms with E-state index in [9.17, 15) is 9.59 Å². The van der Waals surface area contributed by atoms with Crippen LogP contribution in [0.2, 0.25) is 0 Å². The van der Waals surface area contributed by atoms with Crippen molar-refractivity contribution in [1.82, 2.24) is 5.32 Å². The van der Waals surface area contributed by atoms with E-state index in [-0.39, 0.29) is 5.91 Å². The SMILES string of the molecule is CC1OC(=O)[C@H](Cc2ccc(OCc3ccccc3)cc2)NC1=O. The Hall–Kier alpha value is -2.82. The number of benzene rings is 2. The summed E-state index contributed by atoms with van der Waals surface area (Å²) in [5.41, 5.74) is 2.03. The molecule has 0 bridgehead atoms. The lowest BCUT2D eigenvalue weighted by Crippen LogP contribution is -2.53. The summed E-state index contributed by atoms with van der Waals surface area (Å²) in [5, 5.41) is 2.68. The molecule has 0 saturated carbocycles. The van der Waals surface area contributed by atoms with Gasteiger partial charge in [-0.3, -0.25) is 4.79 Å². The van der Waals surface area contributed by atoms with E-state index in [1.54, 1.807) is 6.92 Å². The van der Waals surface area contributed by atoms with E-state index in [4.69, 9.17) is 9.47 Å². The number of esters is 1. The highest BCUT2D eigenvalue weighted by Gasteiger charge is 2.33. The molecule has 0 aromatic heterocycles. The van der Waals surface area contributed by atoms with Crippen molar-refractivity contribution in [3.8, 4) is 5.75 Å². The third kappa shape index (κ3) is 3.93. The number of carbonyl (C=O) groups excluding carboxylic acids is 2. The molecule has 1 heterocycles. The van der Waals surface area contributed by atoms with Crippen molar-refractivity contribution in [3.63, 3.8) is 0 Å². The fourth-order valence-corrected chi connectivity index (χ4v) is 2.49. The molecule has 1 N–H and O–H groups in total. The molecule has 1 aliphatic heterocycles. The Morgan fingerprint density at radius 1 is 1.00 bits per heavy atom. The summed E-state index contributed by atoms with van der Waals surface area (Å²) in [5.74, 6) is 0.0976. The van der Waals surface area contributed by atoms with E-state index in [1.165, 1.54) is 0 Å². The first-order valence-corrected chi connectivity index (χ1v) is 7.88. The number of hydrogen-bond acceptors (Lipinski definition) is 4. The fourth-order valence-electron chi connectivity index (χ4n) is 2.49. The van der Waals surface area contributed by atoms with Crippen LogP contribution in [0, 0.1) is 0 Å². The number of rotatable bonds is 5. The van der Waals surface area contributed by atoms with E-state index < -0.39 is 18.1 Å². The summed E-state index contributed by atoms with van der Waals surface area (Å²) < 4.78 is 10.7. The standard InChI is InChI=1S/C19H19NO4/c1-13-18(21)20-17(19(22)24-13)11-14-7-9-16(10-8-14)23-12-15-5-3-2-4-6-15/h2-10,13,17H,11-12H2,1H3,(H,20,21)/t13?,17-/m0/s1. The zero-order chi connectivity index (χ0) is 16.9. The van der Waals surface area contributed by atoms with Crippen molar-refractivity contribution in [2.75, 3.05) is 0 Å². The minimum atomic E-state index is -0.720. The Balaban J connectivity index is 1.56. The van der Waals surface area contributed by atoms with Gasteiger partial charge in [0, 0.05) is 6.42 Å². The average Bonchev–Trinajstić information content (AvgIpc) is 2.60. The van der Waals surface area contributed by atoms with E-state index in [0.29, 0.717) is 13.0 Å². The first-order valence-electron chi connectivity index (χ1n) is 7.88. The van der Waals surface area contributed by atoms with Crippen molar-refractivity contribution in [2.24, 2.45) is 0 Å². The molecule has 0 aliphatic carbocycles. The first-order chi connectivity index (χ1) is 11.6. The van der Waals surface area contributed by atoms with Gasteiger partial charge in [0.05, 0.1) is 0 Å². The first kappa shape index (κ1) is 16.1.